The molecule has 2 aromatic rings. The van der Waals surface area contributed by atoms with Gasteiger partial charge in [-0.3, -0.25) is 14.8 Å². The van der Waals surface area contributed by atoms with Crippen LogP contribution in [0.1, 0.15) is 24.7 Å². The normalized spacial score (nSPS) is 10.6. The minimum atomic E-state index is -0.158. The van der Waals surface area contributed by atoms with Crippen molar-refractivity contribution < 1.29 is 9.53 Å². The Hall–Kier alpha value is -2.23. The van der Waals surface area contributed by atoms with Crippen LogP contribution in [0.15, 0.2) is 48.8 Å². The molecule has 0 aliphatic heterocycles. The van der Waals surface area contributed by atoms with E-state index in [1.807, 2.05) is 43.3 Å². The molecule has 0 unspecified atom stereocenters. The first-order valence-electron chi connectivity index (χ1n) is 7.23. The number of carbonyl (C=O) groups is 1. The van der Waals surface area contributed by atoms with Crippen LogP contribution in [0.2, 0.25) is 0 Å². The predicted molar refractivity (Wildman–Crippen MR) is 80.6 cm³/mol. The molecule has 0 aliphatic rings. The molecule has 0 amide bonds. The van der Waals surface area contributed by atoms with Crippen LogP contribution in [0, 0.1) is 5.92 Å². The SMILES string of the molecule is CCOC(=O)CC(Cc1ccccn1)Cc1ccccn1. The van der Waals surface area contributed by atoms with Gasteiger partial charge < -0.3 is 4.74 Å². The predicted octanol–water partition coefficient (Wildman–Crippen LogP) is 2.83. The molecule has 0 bridgehead atoms. The van der Waals surface area contributed by atoms with Crippen molar-refractivity contribution in [2.24, 2.45) is 5.92 Å². The molecular weight excluding hydrogens is 264 g/mol. The van der Waals surface area contributed by atoms with Gasteiger partial charge in [-0.25, -0.2) is 0 Å². The zero-order valence-corrected chi connectivity index (χ0v) is 12.2. The molecule has 0 atom stereocenters. The number of pyridine rings is 2. The zero-order chi connectivity index (χ0) is 14.9. The first-order valence-corrected chi connectivity index (χ1v) is 7.23. The minimum absolute atomic E-state index is 0.147. The zero-order valence-electron chi connectivity index (χ0n) is 12.2. The van der Waals surface area contributed by atoms with Crippen molar-refractivity contribution in [3.63, 3.8) is 0 Å². The van der Waals surface area contributed by atoms with Crippen molar-refractivity contribution in [1.29, 1.82) is 0 Å². The lowest BCUT2D eigenvalue weighted by Gasteiger charge is -2.15. The Bertz CT molecular complexity index is 502. The Morgan fingerprint density at radius 3 is 2.05 bits per heavy atom. The van der Waals surface area contributed by atoms with E-state index in [-0.39, 0.29) is 11.9 Å². The standard InChI is InChI=1S/C17H20N2O2/c1-2-21-17(20)13-14(11-15-7-3-5-9-18-15)12-16-8-4-6-10-19-16/h3-10,14H,2,11-13H2,1H3. The molecule has 0 saturated heterocycles. The number of hydrogen-bond donors (Lipinski definition) is 0. The molecule has 4 nitrogen and oxygen atoms in total. The molecule has 0 aromatic carbocycles. The molecule has 0 saturated carbocycles. The van der Waals surface area contributed by atoms with Crippen molar-refractivity contribution >= 4 is 5.97 Å². The van der Waals surface area contributed by atoms with E-state index in [4.69, 9.17) is 4.74 Å². The van der Waals surface area contributed by atoms with Gasteiger partial charge in [0.1, 0.15) is 0 Å². The van der Waals surface area contributed by atoms with E-state index in [2.05, 4.69) is 9.97 Å². The van der Waals surface area contributed by atoms with E-state index in [0.717, 1.165) is 24.2 Å². The van der Waals surface area contributed by atoms with Crippen LogP contribution < -0.4 is 0 Å². The second kappa shape index (κ2) is 8.15. The monoisotopic (exact) mass is 284 g/mol. The highest BCUT2D eigenvalue weighted by molar-refractivity contribution is 5.69. The van der Waals surface area contributed by atoms with E-state index >= 15 is 0 Å². The van der Waals surface area contributed by atoms with E-state index in [1.165, 1.54) is 0 Å². The summed E-state index contributed by atoms with van der Waals surface area (Å²) in [5.74, 6) is -0.0109. The first kappa shape index (κ1) is 15.2. The van der Waals surface area contributed by atoms with Crippen molar-refractivity contribution in [3.8, 4) is 0 Å². The fourth-order valence-electron chi connectivity index (χ4n) is 2.30. The molecule has 2 rings (SSSR count). The average Bonchev–Trinajstić information content (AvgIpc) is 2.49. The minimum Gasteiger partial charge on any atom is -0.466 e. The summed E-state index contributed by atoms with van der Waals surface area (Å²) in [7, 11) is 0. The van der Waals surface area contributed by atoms with Crippen molar-refractivity contribution in [2.75, 3.05) is 6.61 Å². The van der Waals surface area contributed by atoms with Gasteiger partial charge in [0.05, 0.1) is 6.61 Å². The highest BCUT2D eigenvalue weighted by atomic mass is 16.5. The van der Waals surface area contributed by atoms with Crippen LogP contribution in [-0.4, -0.2) is 22.5 Å². The summed E-state index contributed by atoms with van der Waals surface area (Å²) in [6.45, 7) is 2.24. The topological polar surface area (TPSA) is 52.1 Å². The molecule has 0 spiro atoms. The van der Waals surface area contributed by atoms with Gasteiger partial charge in [-0.1, -0.05) is 12.1 Å². The number of ether oxygens (including phenoxy) is 1. The number of rotatable bonds is 7. The number of carbonyl (C=O) groups excluding carboxylic acids is 1. The van der Waals surface area contributed by atoms with Gasteiger partial charge >= 0.3 is 5.97 Å². The molecule has 110 valence electrons. The van der Waals surface area contributed by atoms with Crippen LogP contribution in [0.5, 0.6) is 0 Å². The van der Waals surface area contributed by atoms with Crippen molar-refractivity contribution in [3.05, 3.63) is 60.2 Å². The maximum Gasteiger partial charge on any atom is 0.306 e. The third kappa shape index (κ3) is 5.34. The fraction of sp³-hybridized carbons (Fsp3) is 0.353. The molecule has 0 N–H and O–H groups in total. The second-order valence-electron chi connectivity index (χ2n) is 4.93. The van der Waals surface area contributed by atoms with Crippen molar-refractivity contribution in [2.45, 2.75) is 26.2 Å². The van der Waals surface area contributed by atoms with Crippen LogP contribution >= 0.6 is 0 Å². The van der Waals surface area contributed by atoms with Gasteiger partial charge in [0.25, 0.3) is 0 Å². The number of hydrogen-bond acceptors (Lipinski definition) is 4. The third-order valence-electron chi connectivity index (χ3n) is 3.21. The molecule has 2 aromatic heterocycles. The fourth-order valence-corrected chi connectivity index (χ4v) is 2.30. The molecular formula is C17H20N2O2. The largest absolute Gasteiger partial charge is 0.466 e. The van der Waals surface area contributed by atoms with Crippen molar-refractivity contribution in [1.82, 2.24) is 9.97 Å². The van der Waals surface area contributed by atoms with Gasteiger partial charge in [0.2, 0.25) is 0 Å². The molecule has 4 heteroatoms. The lowest BCUT2D eigenvalue weighted by Crippen LogP contribution is -2.17. The van der Waals surface area contributed by atoms with E-state index in [1.54, 1.807) is 12.4 Å². The van der Waals surface area contributed by atoms with Gasteiger partial charge in [-0.2, -0.15) is 0 Å². The summed E-state index contributed by atoms with van der Waals surface area (Å²) in [5, 5.41) is 0. The number of aromatic nitrogens is 2. The Kier molecular flexibility index (Phi) is 5.88. The van der Waals surface area contributed by atoms with Gasteiger partial charge in [-0.05, 0) is 49.9 Å². The summed E-state index contributed by atoms with van der Waals surface area (Å²) in [5.41, 5.74) is 1.98. The van der Waals surface area contributed by atoms with E-state index in [9.17, 15) is 4.79 Å². The van der Waals surface area contributed by atoms with Crippen LogP contribution in [0.3, 0.4) is 0 Å². The maximum atomic E-state index is 11.8. The highest BCUT2D eigenvalue weighted by Crippen LogP contribution is 2.16. The molecule has 0 fully saturated rings. The molecule has 21 heavy (non-hydrogen) atoms. The quantitative estimate of drug-likeness (QED) is 0.734. The molecule has 0 aliphatic carbocycles. The van der Waals surface area contributed by atoms with E-state index < -0.39 is 0 Å². The summed E-state index contributed by atoms with van der Waals surface area (Å²) in [4.78, 5) is 20.5. The summed E-state index contributed by atoms with van der Waals surface area (Å²) < 4.78 is 5.07. The molecule has 0 radical (unpaired) electrons. The highest BCUT2D eigenvalue weighted by Gasteiger charge is 2.17. The third-order valence-corrected chi connectivity index (χ3v) is 3.21. The van der Waals surface area contributed by atoms with Crippen LogP contribution in [0.25, 0.3) is 0 Å². The van der Waals surface area contributed by atoms with Gasteiger partial charge in [0.15, 0.2) is 0 Å². The lowest BCUT2D eigenvalue weighted by molar-refractivity contribution is -0.144. The molecule has 2 heterocycles. The smallest absolute Gasteiger partial charge is 0.306 e. The Balaban J connectivity index is 2.04. The number of esters is 1. The summed E-state index contributed by atoms with van der Waals surface area (Å²) in [6, 6.07) is 11.7. The summed E-state index contributed by atoms with van der Waals surface area (Å²) >= 11 is 0. The van der Waals surface area contributed by atoms with Gasteiger partial charge in [-0.15, -0.1) is 0 Å². The Morgan fingerprint density at radius 2 is 1.62 bits per heavy atom. The van der Waals surface area contributed by atoms with Crippen LogP contribution in [-0.2, 0) is 22.4 Å². The average molecular weight is 284 g/mol. The first-order chi connectivity index (χ1) is 10.3. The summed E-state index contributed by atoms with van der Waals surface area (Å²) in [6.07, 6.45) is 5.43. The Labute approximate surface area is 125 Å². The second-order valence-corrected chi connectivity index (χ2v) is 4.93. The lowest BCUT2D eigenvalue weighted by atomic mass is 9.93. The van der Waals surface area contributed by atoms with Gasteiger partial charge in [0, 0.05) is 30.2 Å². The maximum absolute atomic E-state index is 11.8. The van der Waals surface area contributed by atoms with E-state index in [0.29, 0.717) is 13.0 Å². The Morgan fingerprint density at radius 1 is 1.05 bits per heavy atom. The number of nitrogens with zero attached hydrogens (tertiary/aromatic N) is 2. The van der Waals surface area contributed by atoms with Crippen LogP contribution in [0.4, 0.5) is 0 Å².